The highest BCUT2D eigenvalue weighted by atomic mass is 19.1. The van der Waals surface area contributed by atoms with Crippen molar-refractivity contribution in [3.8, 4) is 28.3 Å². The molecule has 3 aromatic heterocycles. The van der Waals surface area contributed by atoms with Crippen LogP contribution in [0.5, 0.6) is 5.75 Å². The van der Waals surface area contributed by atoms with E-state index in [1.807, 2.05) is 6.07 Å². The van der Waals surface area contributed by atoms with Gasteiger partial charge in [-0.25, -0.2) is 23.7 Å². The van der Waals surface area contributed by atoms with Gasteiger partial charge in [0.25, 0.3) is 0 Å². The fraction of sp³-hybridized carbons (Fsp3) is 0.357. The highest BCUT2D eigenvalue weighted by molar-refractivity contribution is 5.92. The first-order valence-corrected chi connectivity index (χ1v) is 13.1. The minimum atomic E-state index is -1.40. The van der Waals surface area contributed by atoms with Gasteiger partial charge in [-0.3, -0.25) is 0 Å². The van der Waals surface area contributed by atoms with Crippen LogP contribution in [0.1, 0.15) is 51.4 Å². The normalized spacial score (nSPS) is 16.2. The molecule has 0 unspecified atom stereocenters. The van der Waals surface area contributed by atoms with E-state index in [9.17, 15) is 14.3 Å². The summed E-state index contributed by atoms with van der Waals surface area (Å²) in [6.45, 7) is 0. The van der Waals surface area contributed by atoms with Gasteiger partial charge in [0.2, 0.25) is 5.95 Å². The third kappa shape index (κ3) is 4.85. The molecule has 2 fully saturated rings. The Labute approximate surface area is 219 Å². The van der Waals surface area contributed by atoms with E-state index in [1.54, 1.807) is 35.0 Å². The maximum Gasteiger partial charge on any atom is 0.511 e. The molecule has 3 N–H and O–H groups in total. The Morgan fingerprint density at radius 1 is 0.947 bits per heavy atom. The lowest BCUT2D eigenvalue weighted by Gasteiger charge is -2.17. The van der Waals surface area contributed by atoms with Crippen molar-refractivity contribution in [1.82, 2.24) is 19.6 Å². The summed E-state index contributed by atoms with van der Waals surface area (Å²) in [4.78, 5) is 20.8. The number of carbonyl (C=O) groups is 1. The van der Waals surface area contributed by atoms with E-state index in [4.69, 9.17) is 14.8 Å². The van der Waals surface area contributed by atoms with Crippen molar-refractivity contribution in [2.75, 3.05) is 10.6 Å². The Morgan fingerprint density at radius 3 is 2.32 bits per heavy atom. The molecule has 4 aromatic rings. The molecule has 0 amide bonds. The zero-order valence-corrected chi connectivity index (χ0v) is 20.9. The molecule has 2 aliphatic carbocycles. The molecule has 0 saturated heterocycles. The van der Waals surface area contributed by atoms with Gasteiger partial charge in [-0.05, 0) is 68.1 Å². The SMILES string of the molecule is O=C(O)Oc1ccc2c(-c3ccnc(NC4CCCC4)n3)c(-c3ccc(F)cc3)nn2c1NC1CCCC1. The summed E-state index contributed by atoms with van der Waals surface area (Å²) in [5.74, 6) is 0.839. The Kier molecular flexibility index (Phi) is 6.53. The van der Waals surface area contributed by atoms with Crippen molar-refractivity contribution in [3.63, 3.8) is 0 Å². The zero-order chi connectivity index (χ0) is 26.1. The second-order valence-electron chi connectivity index (χ2n) is 9.96. The number of pyridine rings is 1. The van der Waals surface area contributed by atoms with Crippen molar-refractivity contribution >= 4 is 23.4 Å². The predicted octanol–water partition coefficient (Wildman–Crippen LogP) is 6.36. The number of fused-ring (bicyclic) bond motifs is 1. The van der Waals surface area contributed by atoms with Crippen LogP contribution in [-0.4, -0.2) is 42.9 Å². The van der Waals surface area contributed by atoms with Crippen molar-refractivity contribution in [2.24, 2.45) is 0 Å². The molecule has 1 aromatic carbocycles. The fourth-order valence-corrected chi connectivity index (χ4v) is 5.55. The predicted molar refractivity (Wildman–Crippen MR) is 142 cm³/mol. The minimum absolute atomic E-state index is 0.169. The number of anilines is 2. The number of hydrogen-bond acceptors (Lipinski definition) is 7. The van der Waals surface area contributed by atoms with E-state index in [0.29, 0.717) is 40.3 Å². The number of ether oxygens (including phenoxy) is 1. The molecule has 0 atom stereocenters. The Morgan fingerprint density at radius 2 is 1.63 bits per heavy atom. The molecule has 2 saturated carbocycles. The van der Waals surface area contributed by atoms with Crippen LogP contribution in [0, 0.1) is 5.82 Å². The highest BCUT2D eigenvalue weighted by Crippen LogP contribution is 2.39. The lowest BCUT2D eigenvalue weighted by atomic mass is 10.0. The molecule has 0 radical (unpaired) electrons. The third-order valence-corrected chi connectivity index (χ3v) is 7.37. The molecule has 9 nitrogen and oxygen atoms in total. The standard InChI is InChI=1S/C28H29FN6O3/c29-18-11-9-17(10-12-18)25-24(21-15-16-30-27(33-21)32-20-7-3-4-8-20)22-13-14-23(38-28(36)37)26(35(22)34-25)31-19-5-1-2-6-19/h9-16,19-20,31H,1-8H2,(H,36,37)(H,30,32,33). The second-order valence-corrected chi connectivity index (χ2v) is 9.96. The van der Waals surface area contributed by atoms with Crippen LogP contribution in [-0.2, 0) is 0 Å². The molecule has 0 spiro atoms. The molecular formula is C28H29FN6O3. The van der Waals surface area contributed by atoms with Gasteiger partial charge < -0.3 is 20.5 Å². The Balaban J connectivity index is 1.52. The zero-order valence-electron chi connectivity index (χ0n) is 20.9. The first-order valence-electron chi connectivity index (χ1n) is 13.1. The Bertz CT molecular complexity index is 1460. The maximum absolute atomic E-state index is 13.8. The lowest BCUT2D eigenvalue weighted by molar-refractivity contribution is 0.144. The van der Waals surface area contributed by atoms with Gasteiger partial charge >= 0.3 is 6.16 Å². The summed E-state index contributed by atoms with van der Waals surface area (Å²) in [7, 11) is 0. The number of benzene rings is 1. The quantitative estimate of drug-likeness (QED) is 0.243. The summed E-state index contributed by atoms with van der Waals surface area (Å²) in [5, 5.41) is 21.2. The summed E-state index contributed by atoms with van der Waals surface area (Å²) < 4.78 is 20.6. The Hall–Kier alpha value is -4.21. The number of rotatable bonds is 7. The van der Waals surface area contributed by atoms with E-state index in [0.717, 1.165) is 44.1 Å². The van der Waals surface area contributed by atoms with Crippen LogP contribution in [0.15, 0.2) is 48.7 Å². The topological polar surface area (TPSA) is 114 Å². The van der Waals surface area contributed by atoms with Gasteiger partial charge in [0.05, 0.1) is 16.8 Å². The van der Waals surface area contributed by atoms with Crippen molar-refractivity contribution in [3.05, 3.63) is 54.5 Å². The number of carboxylic acid groups (broad SMARTS) is 1. The second kappa shape index (κ2) is 10.3. The van der Waals surface area contributed by atoms with Gasteiger partial charge in [-0.1, -0.05) is 25.7 Å². The van der Waals surface area contributed by atoms with Crippen LogP contribution < -0.4 is 15.4 Å². The van der Waals surface area contributed by atoms with Gasteiger partial charge in [-0.2, -0.15) is 5.10 Å². The van der Waals surface area contributed by atoms with Crippen LogP contribution >= 0.6 is 0 Å². The number of nitrogens with one attached hydrogen (secondary N) is 2. The molecule has 3 heterocycles. The summed E-state index contributed by atoms with van der Waals surface area (Å²) in [6, 6.07) is 11.9. The average molecular weight is 517 g/mol. The molecular weight excluding hydrogens is 487 g/mol. The first kappa shape index (κ1) is 24.1. The molecule has 10 heteroatoms. The molecule has 2 aliphatic rings. The summed E-state index contributed by atoms with van der Waals surface area (Å²) >= 11 is 0. The van der Waals surface area contributed by atoms with Gasteiger partial charge in [0.15, 0.2) is 11.6 Å². The lowest BCUT2D eigenvalue weighted by Crippen LogP contribution is -2.19. The van der Waals surface area contributed by atoms with Crippen LogP contribution in [0.3, 0.4) is 0 Å². The highest BCUT2D eigenvalue weighted by Gasteiger charge is 2.25. The largest absolute Gasteiger partial charge is 0.511 e. The number of hydrogen-bond donors (Lipinski definition) is 3. The van der Waals surface area contributed by atoms with E-state index in [2.05, 4.69) is 15.6 Å². The fourth-order valence-electron chi connectivity index (χ4n) is 5.55. The number of halogens is 1. The van der Waals surface area contributed by atoms with Crippen LogP contribution in [0.4, 0.5) is 21.0 Å². The van der Waals surface area contributed by atoms with E-state index in [-0.39, 0.29) is 17.6 Å². The smallest absolute Gasteiger partial charge is 0.449 e. The molecule has 38 heavy (non-hydrogen) atoms. The summed E-state index contributed by atoms with van der Waals surface area (Å²) in [6.07, 6.45) is 9.04. The number of aromatic nitrogens is 4. The molecule has 0 bridgehead atoms. The monoisotopic (exact) mass is 516 g/mol. The molecule has 196 valence electrons. The summed E-state index contributed by atoms with van der Waals surface area (Å²) in [5.41, 5.74) is 3.42. The third-order valence-electron chi connectivity index (χ3n) is 7.37. The van der Waals surface area contributed by atoms with Crippen molar-refractivity contribution < 1.29 is 19.0 Å². The number of nitrogens with zero attached hydrogens (tertiary/aromatic N) is 4. The van der Waals surface area contributed by atoms with E-state index >= 15 is 0 Å². The first-order chi connectivity index (χ1) is 18.5. The average Bonchev–Trinajstić information content (AvgIpc) is 3.67. The van der Waals surface area contributed by atoms with Crippen molar-refractivity contribution in [1.29, 1.82) is 0 Å². The molecule has 0 aliphatic heterocycles. The van der Waals surface area contributed by atoms with E-state index in [1.165, 1.54) is 25.0 Å². The van der Waals surface area contributed by atoms with E-state index < -0.39 is 6.16 Å². The minimum Gasteiger partial charge on any atom is -0.449 e. The van der Waals surface area contributed by atoms with Crippen LogP contribution in [0.2, 0.25) is 0 Å². The van der Waals surface area contributed by atoms with Gasteiger partial charge in [0.1, 0.15) is 11.5 Å². The van der Waals surface area contributed by atoms with Gasteiger partial charge in [-0.15, -0.1) is 0 Å². The van der Waals surface area contributed by atoms with Gasteiger partial charge in [0, 0.05) is 23.8 Å². The molecule has 6 rings (SSSR count). The maximum atomic E-state index is 13.8. The van der Waals surface area contributed by atoms with Crippen molar-refractivity contribution in [2.45, 2.75) is 63.5 Å². The van der Waals surface area contributed by atoms with Crippen LogP contribution in [0.25, 0.3) is 28.0 Å².